The molecule has 0 spiro atoms. The van der Waals surface area contributed by atoms with Gasteiger partial charge < -0.3 is 0 Å². The van der Waals surface area contributed by atoms with Crippen LogP contribution in [0.4, 0.5) is 13.2 Å². The van der Waals surface area contributed by atoms with E-state index in [9.17, 15) is 13.2 Å². The lowest BCUT2D eigenvalue weighted by molar-refractivity contribution is -0.653. The zero-order valence-electron chi connectivity index (χ0n) is 10.7. The van der Waals surface area contributed by atoms with Gasteiger partial charge in [0.2, 0.25) is 0 Å². The smallest absolute Gasteiger partial charge is 0.247 e. The minimum Gasteiger partial charge on any atom is -0.247 e. The van der Waals surface area contributed by atoms with E-state index in [1.807, 2.05) is 0 Å². The van der Waals surface area contributed by atoms with Gasteiger partial charge in [-0.05, 0) is 5.56 Å². The maximum atomic E-state index is 13.2. The molecule has 6 heteroatoms. The summed E-state index contributed by atoms with van der Waals surface area (Å²) in [4.78, 5) is 0. The molecule has 1 aromatic heterocycles. The fourth-order valence-electron chi connectivity index (χ4n) is 2.03. The van der Waals surface area contributed by atoms with E-state index in [0.29, 0.717) is 5.72 Å². The summed E-state index contributed by atoms with van der Waals surface area (Å²) in [6.07, 6.45) is -0.854. The van der Waals surface area contributed by atoms with Gasteiger partial charge in [-0.3, -0.25) is 0 Å². The molecule has 1 heterocycles. The highest BCUT2D eigenvalue weighted by Crippen LogP contribution is 2.33. The largest absolute Gasteiger partial charge is 0.389 e. The summed E-state index contributed by atoms with van der Waals surface area (Å²) in [5, 5.41) is 0. The number of imidazole rings is 1. The van der Waals surface area contributed by atoms with E-state index >= 15 is 0 Å². The van der Waals surface area contributed by atoms with Gasteiger partial charge in [0.25, 0.3) is 7.28 Å². The molecule has 1 radical (unpaired) electrons. The average molecular weight is 266 g/mol. The normalized spacial score (nSPS) is 13.3. The third-order valence-corrected chi connectivity index (χ3v) is 3.06. The van der Waals surface area contributed by atoms with E-state index in [1.54, 1.807) is 53.8 Å². The van der Waals surface area contributed by atoms with Crippen molar-refractivity contribution < 1.29 is 17.7 Å². The number of hydrogen-bond acceptors (Lipinski definition) is 0. The summed E-state index contributed by atoms with van der Waals surface area (Å²) >= 11 is 0. The predicted octanol–water partition coefficient (Wildman–Crippen LogP) is 1.48. The minimum absolute atomic E-state index is 0.246. The minimum atomic E-state index is -4.31. The summed E-state index contributed by atoms with van der Waals surface area (Å²) in [7, 11) is 4.70. The SMILES string of the molecule is Cn1cc[n+](C)c1[B][C@@H](c1ccccc1)C(F)(F)F. The predicted molar refractivity (Wildman–Crippen MR) is 67.2 cm³/mol. The second-order valence-corrected chi connectivity index (χ2v) is 4.47. The highest BCUT2D eigenvalue weighted by atomic mass is 19.4. The quantitative estimate of drug-likeness (QED) is 0.588. The van der Waals surface area contributed by atoms with Crippen molar-refractivity contribution in [1.29, 1.82) is 0 Å². The summed E-state index contributed by atoms with van der Waals surface area (Å²) in [6, 6.07) is 7.94. The molecule has 0 N–H and O–H groups in total. The Labute approximate surface area is 110 Å². The standard InChI is InChI=1S/C13H14BF3N2/c1-18-8-9-19(2)12(18)14-11(13(15,16)17)10-6-4-3-5-7-10/h3-9,11H,1-2H3/q+1/t11-/m0/s1. The third-order valence-electron chi connectivity index (χ3n) is 3.06. The molecular formula is C13H14BF3N2+. The molecule has 0 unspecified atom stereocenters. The molecule has 1 aromatic carbocycles. The van der Waals surface area contributed by atoms with Gasteiger partial charge in [0, 0.05) is 0 Å². The van der Waals surface area contributed by atoms with Gasteiger partial charge in [0.1, 0.15) is 12.4 Å². The van der Waals surface area contributed by atoms with Crippen LogP contribution in [0.2, 0.25) is 0 Å². The van der Waals surface area contributed by atoms with Crippen LogP contribution in [0.25, 0.3) is 0 Å². The van der Waals surface area contributed by atoms with Crippen molar-refractivity contribution >= 4 is 13.0 Å². The molecule has 0 aliphatic carbocycles. The number of hydrogen-bond donors (Lipinski definition) is 0. The van der Waals surface area contributed by atoms with E-state index in [1.165, 1.54) is 19.4 Å². The van der Waals surface area contributed by atoms with Crippen molar-refractivity contribution in [3.8, 4) is 0 Å². The van der Waals surface area contributed by atoms with Crippen molar-refractivity contribution in [2.75, 3.05) is 0 Å². The summed E-state index contributed by atoms with van der Waals surface area (Å²) in [5.41, 5.74) is 0.766. The van der Waals surface area contributed by atoms with Gasteiger partial charge in [-0.25, -0.2) is 9.13 Å². The van der Waals surface area contributed by atoms with Crippen LogP contribution < -0.4 is 10.3 Å². The van der Waals surface area contributed by atoms with Crippen LogP contribution in [0.3, 0.4) is 0 Å². The summed E-state index contributed by atoms with van der Waals surface area (Å²) < 4.78 is 43.0. The maximum Gasteiger partial charge on any atom is 0.389 e. The Kier molecular flexibility index (Phi) is 3.69. The highest BCUT2D eigenvalue weighted by Gasteiger charge is 2.43. The lowest BCUT2D eigenvalue weighted by Crippen LogP contribution is -2.52. The zero-order valence-corrected chi connectivity index (χ0v) is 10.7. The van der Waals surface area contributed by atoms with Crippen molar-refractivity contribution in [1.82, 2.24) is 4.57 Å². The van der Waals surface area contributed by atoms with Crippen LogP contribution in [-0.2, 0) is 14.1 Å². The molecule has 0 saturated heterocycles. The first-order valence-corrected chi connectivity index (χ1v) is 5.87. The fraction of sp³-hybridized carbons (Fsp3) is 0.308. The van der Waals surface area contributed by atoms with Crippen LogP contribution >= 0.6 is 0 Å². The van der Waals surface area contributed by atoms with E-state index in [2.05, 4.69) is 0 Å². The monoisotopic (exact) mass is 266 g/mol. The second-order valence-electron chi connectivity index (χ2n) is 4.47. The first kappa shape index (κ1) is 13.7. The highest BCUT2D eigenvalue weighted by molar-refractivity contribution is 6.52. The van der Waals surface area contributed by atoms with Crippen LogP contribution in [0, 0.1) is 0 Å². The molecular weight excluding hydrogens is 252 g/mol. The first-order chi connectivity index (χ1) is 8.89. The Morgan fingerprint density at radius 3 is 2.32 bits per heavy atom. The number of aromatic nitrogens is 2. The van der Waals surface area contributed by atoms with Crippen molar-refractivity contribution in [2.45, 2.75) is 12.0 Å². The maximum absolute atomic E-state index is 13.2. The van der Waals surface area contributed by atoms with Crippen LogP contribution in [-0.4, -0.2) is 18.0 Å². The average Bonchev–Trinajstić information content (AvgIpc) is 2.66. The molecule has 1 atom stereocenters. The number of alkyl halides is 3. The Balaban J connectivity index is 2.36. The Hall–Kier alpha value is -1.72. The molecule has 0 aliphatic rings. The number of benzene rings is 1. The fourth-order valence-corrected chi connectivity index (χ4v) is 2.03. The molecule has 19 heavy (non-hydrogen) atoms. The molecule has 0 saturated carbocycles. The third kappa shape index (κ3) is 3.00. The Morgan fingerprint density at radius 1 is 1.21 bits per heavy atom. The molecule has 2 aromatic rings. The van der Waals surface area contributed by atoms with Gasteiger partial charge in [-0.2, -0.15) is 13.2 Å². The Bertz CT molecular complexity index is 529. The van der Waals surface area contributed by atoms with Gasteiger partial charge in [-0.15, -0.1) is 0 Å². The van der Waals surface area contributed by atoms with Crippen LogP contribution in [0.15, 0.2) is 42.7 Å². The molecule has 99 valence electrons. The Morgan fingerprint density at radius 2 is 1.84 bits per heavy atom. The molecule has 2 rings (SSSR count). The van der Waals surface area contributed by atoms with Crippen LogP contribution in [0.1, 0.15) is 11.4 Å². The van der Waals surface area contributed by atoms with Gasteiger partial charge >= 0.3 is 6.18 Å². The van der Waals surface area contributed by atoms with Gasteiger partial charge in [-0.1, -0.05) is 30.3 Å². The molecule has 2 nitrogen and oxygen atoms in total. The van der Waals surface area contributed by atoms with Crippen molar-refractivity contribution in [3.05, 3.63) is 48.3 Å². The molecule has 0 aliphatic heterocycles. The zero-order chi connectivity index (χ0) is 14.0. The number of aryl methyl sites for hydroxylation is 2. The number of nitrogens with zero attached hydrogens (tertiary/aromatic N) is 2. The van der Waals surface area contributed by atoms with E-state index in [4.69, 9.17) is 0 Å². The second kappa shape index (κ2) is 5.11. The van der Waals surface area contributed by atoms with Gasteiger partial charge in [0.05, 0.1) is 19.9 Å². The topological polar surface area (TPSA) is 8.81 Å². The molecule has 0 bridgehead atoms. The van der Waals surface area contributed by atoms with Crippen LogP contribution in [0.5, 0.6) is 0 Å². The lowest BCUT2D eigenvalue weighted by Gasteiger charge is -2.18. The van der Waals surface area contributed by atoms with Crippen molar-refractivity contribution in [2.24, 2.45) is 14.1 Å². The number of halogens is 3. The van der Waals surface area contributed by atoms with E-state index < -0.39 is 12.0 Å². The van der Waals surface area contributed by atoms with E-state index in [-0.39, 0.29) is 5.56 Å². The van der Waals surface area contributed by atoms with Gasteiger partial charge in [0.15, 0.2) is 5.72 Å². The summed E-state index contributed by atoms with van der Waals surface area (Å²) in [6.45, 7) is 0. The molecule has 0 fully saturated rings. The summed E-state index contributed by atoms with van der Waals surface area (Å²) in [5.74, 6) is -1.60. The lowest BCUT2D eigenvalue weighted by atomic mass is 9.60. The first-order valence-electron chi connectivity index (χ1n) is 5.87. The molecule has 0 amide bonds. The number of rotatable bonds is 3. The van der Waals surface area contributed by atoms with E-state index in [0.717, 1.165) is 0 Å². The van der Waals surface area contributed by atoms with Crippen molar-refractivity contribution in [3.63, 3.8) is 0 Å².